The first-order chi connectivity index (χ1) is 8.04. The van der Waals surface area contributed by atoms with E-state index in [1.54, 1.807) is 6.92 Å². The molecule has 3 unspecified atom stereocenters. The van der Waals surface area contributed by atoms with Gasteiger partial charge in [-0.15, -0.1) is 0 Å². The van der Waals surface area contributed by atoms with E-state index in [1.807, 2.05) is 0 Å². The molecule has 4 heteroatoms. The van der Waals surface area contributed by atoms with Gasteiger partial charge in [0.15, 0.2) is 0 Å². The second-order valence-electron chi connectivity index (χ2n) is 5.63. The number of carbonyl (C=O) groups is 2. The van der Waals surface area contributed by atoms with Crippen LogP contribution in [0.1, 0.15) is 51.9 Å². The maximum absolute atomic E-state index is 11.8. The summed E-state index contributed by atoms with van der Waals surface area (Å²) in [5.41, 5.74) is 5.36. The molecule has 0 aliphatic heterocycles. The molecule has 0 aromatic rings. The number of hydrogen-bond acceptors (Lipinski definition) is 2. The van der Waals surface area contributed by atoms with Gasteiger partial charge in [0.2, 0.25) is 11.8 Å². The number of nitrogens with two attached hydrogens (primary N) is 1. The molecule has 0 bridgehead atoms. The molecule has 2 aliphatic rings. The average molecular weight is 238 g/mol. The Hall–Kier alpha value is -1.06. The molecule has 0 radical (unpaired) electrons. The second-order valence-corrected chi connectivity index (χ2v) is 5.63. The molecular weight excluding hydrogens is 216 g/mol. The monoisotopic (exact) mass is 238 g/mol. The van der Waals surface area contributed by atoms with Crippen LogP contribution in [0.15, 0.2) is 0 Å². The summed E-state index contributed by atoms with van der Waals surface area (Å²) in [6.45, 7) is 1.55. The van der Waals surface area contributed by atoms with Crippen molar-refractivity contribution < 1.29 is 9.59 Å². The fourth-order valence-electron chi connectivity index (χ4n) is 3.74. The summed E-state index contributed by atoms with van der Waals surface area (Å²) < 4.78 is 0. The minimum absolute atomic E-state index is 0.0254. The van der Waals surface area contributed by atoms with Crippen LogP contribution < -0.4 is 11.1 Å². The minimum Gasteiger partial charge on any atom is -0.369 e. The van der Waals surface area contributed by atoms with Gasteiger partial charge in [-0.2, -0.15) is 0 Å². The lowest BCUT2D eigenvalue weighted by atomic mass is 9.58. The van der Waals surface area contributed by atoms with Gasteiger partial charge in [-0.3, -0.25) is 9.59 Å². The van der Waals surface area contributed by atoms with Crippen LogP contribution in [0.25, 0.3) is 0 Å². The van der Waals surface area contributed by atoms with E-state index in [1.165, 1.54) is 6.42 Å². The molecule has 0 heterocycles. The zero-order valence-corrected chi connectivity index (χ0v) is 10.5. The Morgan fingerprint density at radius 1 is 1.24 bits per heavy atom. The first kappa shape index (κ1) is 12.4. The highest BCUT2D eigenvalue weighted by Crippen LogP contribution is 2.50. The van der Waals surface area contributed by atoms with Gasteiger partial charge < -0.3 is 11.1 Å². The summed E-state index contributed by atoms with van der Waals surface area (Å²) in [6, 6.07) is 0.239. The van der Waals surface area contributed by atoms with Crippen molar-refractivity contribution in [3.05, 3.63) is 0 Å². The van der Waals surface area contributed by atoms with E-state index in [4.69, 9.17) is 5.73 Å². The Labute approximate surface area is 102 Å². The molecule has 0 spiro atoms. The summed E-state index contributed by atoms with van der Waals surface area (Å²) in [7, 11) is 0. The second kappa shape index (κ2) is 4.67. The highest BCUT2D eigenvalue weighted by molar-refractivity contribution is 5.81. The predicted octanol–water partition coefficient (Wildman–Crippen LogP) is 1.34. The van der Waals surface area contributed by atoms with Gasteiger partial charge in [-0.1, -0.05) is 12.8 Å². The Balaban J connectivity index is 2.08. The van der Waals surface area contributed by atoms with Crippen LogP contribution in [0.4, 0.5) is 0 Å². The van der Waals surface area contributed by atoms with Gasteiger partial charge >= 0.3 is 0 Å². The molecule has 3 atom stereocenters. The molecule has 2 amide bonds. The van der Waals surface area contributed by atoms with Crippen molar-refractivity contribution in [3.8, 4) is 0 Å². The molecule has 0 aromatic heterocycles. The summed E-state index contributed by atoms with van der Waals surface area (Å²) in [5.74, 6) is 0.278. The van der Waals surface area contributed by atoms with Gasteiger partial charge in [0.1, 0.15) is 0 Å². The van der Waals surface area contributed by atoms with Crippen molar-refractivity contribution in [3.63, 3.8) is 0 Å². The number of carbonyl (C=O) groups excluding carboxylic acids is 2. The fourth-order valence-corrected chi connectivity index (χ4v) is 3.74. The van der Waals surface area contributed by atoms with Crippen molar-refractivity contribution in [1.82, 2.24) is 5.32 Å². The average Bonchev–Trinajstić information content (AvgIpc) is 2.28. The molecule has 4 nitrogen and oxygen atoms in total. The van der Waals surface area contributed by atoms with Crippen LogP contribution in [0.5, 0.6) is 0 Å². The quantitative estimate of drug-likeness (QED) is 0.762. The van der Waals surface area contributed by atoms with Crippen LogP contribution >= 0.6 is 0 Å². The third kappa shape index (κ3) is 2.31. The SMILES string of the molecule is CC(=O)NC1CCC2(C(N)=O)CCCCC2C1. The number of amides is 2. The van der Waals surface area contributed by atoms with E-state index in [0.29, 0.717) is 5.92 Å². The first-order valence-electron chi connectivity index (χ1n) is 6.61. The highest BCUT2D eigenvalue weighted by Gasteiger charge is 2.48. The Bertz CT molecular complexity index is 329. The van der Waals surface area contributed by atoms with E-state index in [-0.39, 0.29) is 23.3 Å². The maximum Gasteiger partial charge on any atom is 0.223 e. The Morgan fingerprint density at radius 3 is 2.65 bits per heavy atom. The van der Waals surface area contributed by atoms with E-state index in [2.05, 4.69) is 5.32 Å². The zero-order valence-electron chi connectivity index (χ0n) is 10.5. The van der Waals surface area contributed by atoms with Gasteiger partial charge in [-0.25, -0.2) is 0 Å². The first-order valence-corrected chi connectivity index (χ1v) is 6.61. The summed E-state index contributed by atoms with van der Waals surface area (Å²) >= 11 is 0. The number of hydrogen-bond donors (Lipinski definition) is 2. The summed E-state index contributed by atoms with van der Waals surface area (Å²) in [6.07, 6.45) is 6.98. The van der Waals surface area contributed by atoms with Gasteiger partial charge in [0, 0.05) is 13.0 Å². The molecule has 2 rings (SSSR count). The third-order valence-corrected chi connectivity index (χ3v) is 4.61. The van der Waals surface area contributed by atoms with Gasteiger partial charge in [0.05, 0.1) is 5.41 Å². The van der Waals surface area contributed by atoms with E-state index in [9.17, 15) is 9.59 Å². The van der Waals surface area contributed by atoms with Crippen molar-refractivity contribution in [2.45, 2.75) is 57.9 Å². The molecule has 3 N–H and O–H groups in total. The molecular formula is C13H22N2O2. The number of primary amides is 1. The predicted molar refractivity (Wildman–Crippen MR) is 65.0 cm³/mol. The Morgan fingerprint density at radius 2 is 2.00 bits per heavy atom. The topological polar surface area (TPSA) is 72.2 Å². The van der Waals surface area contributed by atoms with Crippen LogP contribution in [-0.4, -0.2) is 17.9 Å². The van der Waals surface area contributed by atoms with Crippen LogP contribution in [0.3, 0.4) is 0 Å². The van der Waals surface area contributed by atoms with Crippen molar-refractivity contribution in [1.29, 1.82) is 0 Å². The highest BCUT2D eigenvalue weighted by atomic mass is 16.2. The lowest BCUT2D eigenvalue weighted by molar-refractivity contribution is -0.136. The van der Waals surface area contributed by atoms with Crippen molar-refractivity contribution in [2.75, 3.05) is 0 Å². The standard InChI is InChI=1S/C13H22N2O2/c1-9(16)15-11-5-7-13(12(14)17)6-3-2-4-10(13)8-11/h10-11H,2-8H2,1H3,(H2,14,17)(H,15,16). The fraction of sp³-hybridized carbons (Fsp3) is 0.846. The van der Waals surface area contributed by atoms with E-state index in [0.717, 1.165) is 38.5 Å². The van der Waals surface area contributed by atoms with Gasteiger partial charge in [-0.05, 0) is 38.0 Å². The molecule has 2 fully saturated rings. The molecule has 17 heavy (non-hydrogen) atoms. The zero-order chi connectivity index (χ0) is 12.5. The lowest BCUT2D eigenvalue weighted by Crippen LogP contribution is -2.52. The van der Waals surface area contributed by atoms with Crippen LogP contribution in [-0.2, 0) is 9.59 Å². The maximum atomic E-state index is 11.8. The minimum atomic E-state index is -0.271. The molecule has 2 aliphatic carbocycles. The summed E-state index contributed by atoms with van der Waals surface area (Å²) in [5, 5.41) is 2.98. The van der Waals surface area contributed by atoms with Crippen LogP contribution in [0.2, 0.25) is 0 Å². The van der Waals surface area contributed by atoms with Crippen LogP contribution in [0, 0.1) is 11.3 Å². The molecule has 0 saturated heterocycles. The summed E-state index contributed by atoms with van der Waals surface area (Å²) in [4.78, 5) is 22.9. The molecule has 0 aromatic carbocycles. The van der Waals surface area contributed by atoms with Gasteiger partial charge in [0.25, 0.3) is 0 Å². The van der Waals surface area contributed by atoms with E-state index < -0.39 is 0 Å². The third-order valence-electron chi connectivity index (χ3n) is 4.61. The molecule has 96 valence electrons. The van der Waals surface area contributed by atoms with Crippen molar-refractivity contribution in [2.24, 2.45) is 17.1 Å². The normalized spacial score (nSPS) is 37.0. The van der Waals surface area contributed by atoms with Crippen molar-refractivity contribution >= 4 is 11.8 Å². The number of rotatable bonds is 2. The Kier molecular flexibility index (Phi) is 3.40. The number of nitrogens with one attached hydrogen (secondary N) is 1. The van der Waals surface area contributed by atoms with E-state index >= 15 is 0 Å². The number of fused-ring (bicyclic) bond motifs is 1. The smallest absolute Gasteiger partial charge is 0.223 e. The lowest BCUT2D eigenvalue weighted by Gasteiger charge is -2.47. The largest absolute Gasteiger partial charge is 0.369 e. The molecule has 2 saturated carbocycles.